The van der Waals surface area contributed by atoms with Crippen LogP contribution in [0.1, 0.15) is 44.7 Å². The highest BCUT2D eigenvalue weighted by molar-refractivity contribution is 5.14. The van der Waals surface area contributed by atoms with Crippen LogP contribution in [0.4, 0.5) is 0 Å². The lowest BCUT2D eigenvalue weighted by Crippen LogP contribution is -2.36. The van der Waals surface area contributed by atoms with Gasteiger partial charge in [-0.2, -0.15) is 0 Å². The molecule has 0 aliphatic heterocycles. The zero-order valence-electron chi connectivity index (χ0n) is 17.9. The van der Waals surface area contributed by atoms with Crippen LogP contribution in [-0.4, -0.2) is 40.2 Å². The Hall–Kier alpha value is -2.01. The Morgan fingerprint density at radius 3 is 2.68 bits per heavy atom. The molecule has 152 valence electrons. The molecule has 0 bridgehead atoms. The minimum absolute atomic E-state index is 0.502. The number of hydrogen-bond donors (Lipinski definition) is 0. The van der Waals surface area contributed by atoms with Gasteiger partial charge < -0.3 is 9.32 Å². The van der Waals surface area contributed by atoms with Crippen molar-refractivity contribution in [2.24, 2.45) is 23.7 Å². The largest absolute Gasteiger partial charge is 0.426 e. The molecule has 5 heteroatoms. The molecule has 0 saturated heterocycles. The average molecular weight is 383 g/mol. The van der Waals surface area contributed by atoms with Crippen LogP contribution >= 0.6 is 0 Å². The van der Waals surface area contributed by atoms with Gasteiger partial charge in [-0.25, -0.2) is 0 Å². The summed E-state index contributed by atoms with van der Waals surface area (Å²) < 4.78 is 5.63. The van der Waals surface area contributed by atoms with Crippen molar-refractivity contribution in [1.29, 1.82) is 0 Å². The predicted octanol–water partition coefficient (Wildman–Crippen LogP) is 4.34. The van der Waals surface area contributed by atoms with Gasteiger partial charge in [-0.3, -0.25) is 4.98 Å². The number of nitrogens with zero attached hydrogens (tertiary/aromatic N) is 4. The van der Waals surface area contributed by atoms with Crippen LogP contribution in [0.5, 0.6) is 0 Å². The van der Waals surface area contributed by atoms with Crippen molar-refractivity contribution >= 4 is 0 Å². The van der Waals surface area contributed by atoms with E-state index in [0.29, 0.717) is 29.6 Å². The van der Waals surface area contributed by atoms with Gasteiger partial charge in [0.05, 0.1) is 0 Å². The van der Waals surface area contributed by atoms with E-state index in [1.54, 1.807) is 0 Å². The Kier molecular flexibility index (Phi) is 7.00. The van der Waals surface area contributed by atoms with Crippen LogP contribution in [0.15, 0.2) is 40.5 Å². The number of allylic oxidation sites excluding steroid dienone is 1. The Labute approximate surface area is 169 Å². The zero-order valence-corrected chi connectivity index (χ0v) is 17.9. The van der Waals surface area contributed by atoms with Crippen molar-refractivity contribution in [1.82, 2.24) is 20.1 Å². The minimum atomic E-state index is 0.502. The Balaban J connectivity index is 1.62. The molecule has 0 unspecified atom stereocenters. The summed E-state index contributed by atoms with van der Waals surface area (Å²) in [7, 11) is 2.23. The Morgan fingerprint density at radius 2 is 2.04 bits per heavy atom. The van der Waals surface area contributed by atoms with Crippen LogP contribution in [0.3, 0.4) is 0 Å². The molecule has 1 aliphatic carbocycles. The molecule has 2 aromatic heterocycles. The molecule has 1 aliphatic rings. The summed E-state index contributed by atoms with van der Waals surface area (Å²) in [4.78, 5) is 6.90. The molecule has 2 aromatic rings. The zero-order chi connectivity index (χ0) is 20.1. The van der Waals surface area contributed by atoms with Gasteiger partial charge in [-0.15, -0.1) is 10.2 Å². The summed E-state index contributed by atoms with van der Waals surface area (Å²) in [6.07, 6.45) is 7.44. The maximum Gasteiger partial charge on any atom is 0.217 e. The molecule has 0 fully saturated rings. The van der Waals surface area contributed by atoms with Crippen LogP contribution in [0, 0.1) is 30.6 Å². The molecule has 5 nitrogen and oxygen atoms in total. The third-order valence-electron chi connectivity index (χ3n) is 6.07. The third kappa shape index (κ3) is 5.51. The van der Waals surface area contributed by atoms with Crippen molar-refractivity contribution < 1.29 is 4.42 Å². The van der Waals surface area contributed by atoms with E-state index in [0.717, 1.165) is 31.8 Å². The minimum Gasteiger partial charge on any atom is -0.426 e. The molecule has 0 radical (unpaired) electrons. The summed E-state index contributed by atoms with van der Waals surface area (Å²) in [5.74, 6) is 3.85. The van der Waals surface area contributed by atoms with Gasteiger partial charge in [0.2, 0.25) is 11.8 Å². The quantitative estimate of drug-likeness (QED) is 0.636. The topological polar surface area (TPSA) is 55.1 Å². The third-order valence-corrected chi connectivity index (χ3v) is 6.07. The van der Waals surface area contributed by atoms with Gasteiger partial charge in [0.15, 0.2) is 0 Å². The maximum atomic E-state index is 5.63. The standard InChI is InChI=1S/C23H34N4O/c1-16(2)22-13-19(14-23-26-25-18(4)28-23)17(3)12-20(22)15-27(5)11-9-21-8-6-7-10-24-21/h6-8,10,12,16,19-20,22H,9,11,13-15H2,1-5H3/t19-,20-,22-/m0/s1. The van der Waals surface area contributed by atoms with E-state index in [1.807, 2.05) is 19.2 Å². The van der Waals surface area contributed by atoms with E-state index in [1.165, 1.54) is 17.7 Å². The number of pyridine rings is 1. The van der Waals surface area contributed by atoms with Crippen molar-refractivity contribution in [3.8, 4) is 0 Å². The number of likely N-dealkylation sites (N-methyl/N-ethyl adjacent to an activating group) is 1. The van der Waals surface area contributed by atoms with Gasteiger partial charge in [0.25, 0.3) is 0 Å². The Bertz CT molecular complexity index is 768. The summed E-state index contributed by atoms with van der Waals surface area (Å²) in [6, 6.07) is 6.15. The first-order valence-electron chi connectivity index (χ1n) is 10.5. The highest BCUT2D eigenvalue weighted by Crippen LogP contribution is 2.39. The lowest BCUT2D eigenvalue weighted by molar-refractivity contribution is 0.176. The van der Waals surface area contributed by atoms with E-state index >= 15 is 0 Å². The van der Waals surface area contributed by atoms with Crippen LogP contribution in [-0.2, 0) is 12.8 Å². The van der Waals surface area contributed by atoms with Crippen molar-refractivity contribution in [2.45, 2.75) is 47.0 Å². The smallest absolute Gasteiger partial charge is 0.217 e. The molecular weight excluding hydrogens is 348 g/mol. The van der Waals surface area contributed by atoms with Crippen LogP contribution in [0.2, 0.25) is 0 Å². The molecule has 3 rings (SSSR count). The average Bonchev–Trinajstić information content (AvgIpc) is 3.07. The molecule has 0 N–H and O–H groups in total. The molecule has 0 saturated carbocycles. The number of aryl methyl sites for hydroxylation is 1. The van der Waals surface area contributed by atoms with Gasteiger partial charge >= 0.3 is 0 Å². The summed E-state index contributed by atoms with van der Waals surface area (Å²) in [6.45, 7) is 11.0. The highest BCUT2D eigenvalue weighted by Gasteiger charge is 2.32. The van der Waals surface area contributed by atoms with E-state index in [9.17, 15) is 0 Å². The number of aromatic nitrogens is 3. The fourth-order valence-corrected chi connectivity index (χ4v) is 4.42. The lowest BCUT2D eigenvalue weighted by atomic mass is 9.69. The second-order valence-corrected chi connectivity index (χ2v) is 8.67. The maximum absolute atomic E-state index is 5.63. The molecule has 0 spiro atoms. The molecule has 2 heterocycles. The van der Waals surface area contributed by atoms with E-state index in [-0.39, 0.29) is 0 Å². The summed E-state index contributed by atoms with van der Waals surface area (Å²) in [5.41, 5.74) is 2.64. The van der Waals surface area contributed by atoms with Gasteiger partial charge in [0.1, 0.15) is 0 Å². The first-order chi connectivity index (χ1) is 13.4. The van der Waals surface area contributed by atoms with E-state index in [2.05, 4.69) is 66.1 Å². The van der Waals surface area contributed by atoms with Crippen LogP contribution < -0.4 is 0 Å². The molecular formula is C23H34N4O. The second kappa shape index (κ2) is 9.46. The number of hydrogen-bond acceptors (Lipinski definition) is 5. The van der Waals surface area contributed by atoms with Gasteiger partial charge in [-0.1, -0.05) is 31.6 Å². The predicted molar refractivity (Wildman–Crippen MR) is 112 cm³/mol. The first kappa shape index (κ1) is 20.7. The van der Waals surface area contributed by atoms with E-state index in [4.69, 9.17) is 4.42 Å². The summed E-state index contributed by atoms with van der Waals surface area (Å²) >= 11 is 0. The van der Waals surface area contributed by atoms with E-state index < -0.39 is 0 Å². The fraction of sp³-hybridized carbons (Fsp3) is 0.609. The van der Waals surface area contributed by atoms with Crippen molar-refractivity contribution in [3.05, 3.63) is 53.5 Å². The number of rotatable bonds is 8. The molecule has 0 amide bonds. The molecule has 0 aromatic carbocycles. The van der Waals surface area contributed by atoms with Crippen molar-refractivity contribution in [3.63, 3.8) is 0 Å². The van der Waals surface area contributed by atoms with Crippen LogP contribution in [0.25, 0.3) is 0 Å². The Morgan fingerprint density at radius 1 is 1.21 bits per heavy atom. The monoisotopic (exact) mass is 382 g/mol. The molecule has 28 heavy (non-hydrogen) atoms. The van der Waals surface area contributed by atoms with Crippen molar-refractivity contribution in [2.75, 3.05) is 20.1 Å². The lowest BCUT2D eigenvalue weighted by Gasteiger charge is -2.38. The normalized spacial score (nSPS) is 22.7. The fourth-order valence-electron chi connectivity index (χ4n) is 4.42. The van der Waals surface area contributed by atoms with Gasteiger partial charge in [-0.05, 0) is 56.2 Å². The highest BCUT2D eigenvalue weighted by atomic mass is 16.4. The summed E-state index contributed by atoms with van der Waals surface area (Å²) in [5, 5.41) is 8.19. The van der Waals surface area contributed by atoms with Gasteiger partial charge in [0, 0.05) is 44.7 Å². The first-order valence-corrected chi connectivity index (χ1v) is 10.5. The SMILES string of the molecule is CC1=C[C@@H](CN(C)CCc2ccccn2)[C@H](C(C)C)C[C@H]1Cc1nnc(C)o1. The molecule has 3 atom stereocenters. The second-order valence-electron chi connectivity index (χ2n) is 8.67.